The zero-order chi connectivity index (χ0) is 38.1. The second-order valence-electron chi connectivity index (χ2n) is 10.5. The SMILES string of the molecule is COC(=O)c1ccccc1CS(=O)(=O)NC(=O)Nc1nc(OC)cc(OC)n1.Cc1nn(-c2ccc(F)cc2)nc1Cc1ccnc(C(F)(F)F)c1. The number of aromatic nitrogens is 6. The van der Waals surface area contributed by atoms with Crippen LogP contribution in [0.1, 0.15) is 38.6 Å². The molecule has 15 nitrogen and oxygen atoms in total. The summed E-state index contributed by atoms with van der Waals surface area (Å²) in [6, 6.07) is 14.4. The molecule has 0 fully saturated rings. The quantitative estimate of drug-likeness (QED) is 0.149. The molecule has 0 saturated carbocycles. The Kier molecular flexibility index (Phi) is 12.4. The Hall–Kier alpha value is -6.18. The van der Waals surface area contributed by atoms with Gasteiger partial charge in [-0.25, -0.2) is 27.1 Å². The van der Waals surface area contributed by atoms with Crippen molar-refractivity contribution in [2.24, 2.45) is 0 Å². The molecule has 2 N–H and O–H groups in total. The van der Waals surface area contributed by atoms with E-state index in [1.807, 2.05) is 4.72 Å². The Morgan fingerprint density at radius 2 is 1.56 bits per heavy atom. The summed E-state index contributed by atoms with van der Waals surface area (Å²) in [6.07, 6.45) is -3.17. The summed E-state index contributed by atoms with van der Waals surface area (Å²) in [6.45, 7) is 1.72. The summed E-state index contributed by atoms with van der Waals surface area (Å²) < 4.78 is 92.0. The Balaban J connectivity index is 0.000000235. The monoisotopic (exact) mass is 746 g/mol. The molecule has 2 amide bonds. The van der Waals surface area contributed by atoms with Crippen LogP contribution in [-0.2, 0) is 33.1 Å². The number of hydrogen-bond donors (Lipinski definition) is 2. The maximum Gasteiger partial charge on any atom is 0.433 e. The molecule has 274 valence electrons. The van der Waals surface area contributed by atoms with Crippen LogP contribution in [0.5, 0.6) is 11.8 Å². The molecule has 0 aliphatic rings. The summed E-state index contributed by atoms with van der Waals surface area (Å²) in [7, 11) is -0.243. The molecule has 5 rings (SSSR count). The highest BCUT2D eigenvalue weighted by Crippen LogP contribution is 2.28. The molecule has 0 unspecified atom stereocenters. The van der Waals surface area contributed by atoms with Gasteiger partial charge in [0.2, 0.25) is 27.7 Å². The lowest BCUT2D eigenvalue weighted by atomic mass is 10.1. The number of ether oxygens (including phenoxy) is 3. The van der Waals surface area contributed by atoms with Gasteiger partial charge in [-0.2, -0.15) is 38.1 Å². The third kappa shape index (κ3) is 10.7. The number of esters is 1. The molecule has 0 saturated heterocycles. The van der Waals surface area contributed by atoms with E-state index >= 15 is 0 Å². The second kappa shape index (κ2) is 16.7. The first-order chi connectivity index (χ1) is 24.6. The number of nitrogens with zero attached hydrogens (tertiary/aromatic N) is 6. The van der Waals surface area contributed by atoms with Crippen molar-refractivity contribution in [3.05, 3.63) is 113 Å². The van der Waals surface area contributed by atoms with Gasteiger partial charge in [0.1, 0.15) is 11.5 Å². The van der Waals surface area contributed by atoms with Crippen molar-refractivity contribution in [3.63, 3.8) is 0 Å². The van der Waals surface area contributed by atoms with Crippen LogP contribution in [0.4, 0.5) is 28.3 Å². The van der Waals surface area contributed by atoms with E-state index in [9.17, 15) is 35.6 Å². The van der Waals surface area contributed by atoms with Crippen LogP contribution in [0.15, 0.2) is 72.9 Å². The fourth-order valence-electron chi connectivity index (χ4n) is 4.33. The van der Waals surface area contributed by atoms with Gasteiger partial charge >= 0.3 is 18.2 Å². The number of methoxy groups -OCH3 is 3. The minimum atomic E-state index is -4.49. The fourth-order valence-corrected chi connectivity index (χ4v) is 5.39. The zero-order valence-corrected chi connectivity index (χ0v) is 28.6. The number of alkyl halides is 3. The maximum atomic E-state index is 13.0. The van der Waals surface area contributed by atoms with Gasteiger partial charge in [-0.1, -0.05) is 18.2 Å². The number of urea groups is 1. The molecule has 2 aromatic carbocycles. The van der Waals surface area contributed by atoms with Gasteiger partial charge in [-0.05, 0) is 60.5 Å². The van der Waals surface area contributed by atoms with Crippen LogP contribution >= 0.6 is 0 Å². The van der Waals surface area contributed by atoms with E-state index in [0.717, 1.165) is 12.3 Å². The molecule has 52 heavy (non-hydrogen) atoms. The number of carbonyl (C=O) groups is 2. The molecule has 5 aromatic rings. The van der Waals surface area contributed by atoms with Crippen LogP contribution in [-0.4, -0.2) is 71.7 Å². The minimum absolute atomic E-state index is 0.0802. The lowest BCUT2D eigenvalue weighted by molar-refractivity contribution is -0.141. The summed E-state index contributed by atoms with van der Waals surface area (Å²) in [5, 5.41) is 10.7. The number of aryl methyl sites for hydroxylation is 1. The van der Waals surface area contributed by atoms with E-state index in [-0.39, 0.29) is 41.1 Å². The van der Waals surface area contributed by atoms with Gasteiger partial charge in [-0.3, -0.25) is 10.3 Å². The molecule has 3 aromatic heterocycles. The van der Waals surface area contributed by atoms with Crippen LogP contribution in [0, 0.1) is 12.7 Å². The van der Waals surface area contributed by atoms with E-state index in [0.29, 0.717) is 22.6 Å². The van der Waals surface area contributed by atoms with Gasteiger partial charge in [0.05, 0.1) is 55.8 Å². The Morgan fingerprint density at radius 1 is 0.904 bits per heavy atom. The number of halogens is 4. The van der Waals surface area contributed by atoms with Gasteiger partial charge < -0.3 is 14.2 Å². The van der Waals surface area contributed by atoms with Gasteiger partial charge in [-0.15, -0.1) is 0 Å². The van der Waals surface area contributed by atoms with Crippen molar-refractivity contribution in [1.29, 1.82) is 0 Å². The van der Waals surface area contributed by atoms with Crippen LogP contribution < -0.4 is 19.5 Å². The standard InChI is InChI=1S/C16H12F4N4.C16H18N4O7S/c1-10-14(8-11-6-7-21-15(9-11)16(18,19)20)23-24(22-10)13-4-2-12(17)3-5-13;1-25-12-8-13(26-2)18-15(17-12)19-16(22)20-28(23,24)9-10-6-4-5-7-11(10)14(21)27-3/h2-7,9H,8H2,1H3;4-8H,9H2,1-3H3,(H2,17,18,19,20,22). The van der Waals surface area contributed by atoms with Crippen molar-refractivity contribution >= 4 is 28.0 Å². The number of rotatable bonds is 10. The normalized spacial score (nSPS) is 11.2. The molecule has 0 bridgehead atoms. The van der Waals surface area contributed by atoms with Crippen molar-refractivity contribution in [1.82, 2.24) is 34.7 Å². The summed E-state index contributed by atoms with van der Waals surface area (Å²) in [4.78, 5) is 36.2. The molecule has 0 radical (unpaired) electrons. The van der Waals surface area contributed by atoms with Crippen molar-refractivity contribution in [2.45, 2.75) is 25.3 Å². The number of hydrogen-bond acceptors (Lipinski definition) is 12. The smallest absolute Gasteiger partial charge is 0.433 e. The summed E-state index contributed by atoms with van der Waals surface area (Å²) in [5.41, 5.74) is 1.44. The van der Waals surface area contributed by atoms with E-state index in [1.54, 1.807) is 19.1 Å². The van der Waals surface area contributed by atoms with E-state index in [2.05, 4.69) is 35.2 Å². The summed E-state index contributed by atoms with van der Waals surface area (Å²) in [5.74, 6) is -1.69. The molecule has 0 spiro atoms. The second-order valence-corrected chi connectivity index (χ2v) is 12.2. The fraction of sp³-hybridized carbons (Fsp3) is 0.219. The maximum absolute atomic E-state index is 13.0. The topological polar surface area (TPSA) is 189 Å². The van der Waals surface area contributed by atoms with E-state index in [4.69, 9.17) is 9.47 Å². The van der Waals surface area contributed by atoms with Gasteiger partial charge in [0.15, 0.2) is 0 Å². The van der Waals surface area contributed by atoms with Crippen LogP contribution in [0.2, 0.25) is 0 Å². The zero-order valence-electron chi connectivity index (χ0n) is 27.8. The molecular formula is C32H30F4N8O7S. The highest BCUT2D eigenvalue weighted by Gasteiger charge is 2.32. The molecular weight excluding hydrogens is 716 g/mol. The predicted octanol–water partition coefficient (Wildman–Crippen LogP) is 4.65. The third-order valence-corrected chi connectivity index (χ3v) is 7.95. The van der Waals surface area contributed by atoms with Crippen molar-refractivity contribution in [3.8, 4) is 17.4 Å². The minimum Gasteiger partial charge on any atom is -0.481 e. The predicted molar refractivity (Wildman–Crippen MR) is 176 cm³/mol. The number of nitrogens with one attached hydrogen (secondary N) is 2. The third-order valence-electron chi connectivity index (χ3n) is 6.76. The molecule has 0 aliphatic heterocycles. The summed E-state index contributed by atoms with van der Waals surface area (Å²) >= 11 is 0. The number of anilines is 1. The number of amides is 2. The number of carbonyl (C=O) groups excluding carboxylic acids is 2. The average molecular weight is 747 g/mol. The lowest BCUT2D eigenvalue weighted by Gasteiger charge is -2.11. The van der Waals surface area contributed by atoms with Gasteiger partial charge in [0.25, 0.3) is 0 Å². The largest absolute Gasteiger partial charge is 0.481 e. The Morgan fingerprint density at radius 3 is 2.17 bits per heavy atom. The van der Waals surface area contributed by atoms with Crippen molar-refractivity contribution < 1.29 is 49.8 Å². The molecule has 0 atom stereocenters. The van der Waals surface area contributed by atoms with Crippen LogP contribution in [0.3, 0.4) is 0 Å². The number of benzene rings is 2. The first kappa shape index (κ1) is 38.6. The van der Waals surface area contributed by atoms with Crippen LogP contribution in [0.25, 0.3) is 5.69 Å². The molecule has 0 aliphatic carbocycles. The Bertz CT molecular complexity index is 2130. The lowest BCUT2D eigenvalue weighted by Crippen LogP contribution is -2.36. The molecule has 20 heteroatoms. The highest BCUT2D eigenvalue weighted by atomic mass is 32.2. The first-order valence-corrected chi connectivity index (χ1v) is 16.4. The van der Waals surface area contributed by atoms with Gasteiger partial charge in [0, 0.05) is 12.6 Å². The van der Waals surface area contributed by atoms with Crippen molar-refractivity contribution in [2.75, 3.05) is 26.6 Å². The molecule has 3 heterocycles. The number of pyridine rings is 1. The Labute approximate surface area is 294 Å². The van der Waals surface area contributed by atoms with E-state index in [1.165, 1.54) is 74.7 Å². The number of sulfonamides is 1. The van der Waals surface area contributed by atoms with E-state index < -0.39 is 39.6 Å². The highest BCUT2D eigenvalue weighted by molar-refractivity contribution is 7.89. The average Bonchev–Trinajstić information content (AvgIpc) is 3.47. The first-order valence-electron chi connectivity index (χ1n) is 14.8.